The summed E-state index contributed by atoms with van der Waals surface area (Å²) >= 11 is 1.78. The van der Waals surface area contributed by atoms with Crippen LogP contribution in [0.1, 0.15) is 0 Å². The van der Waals surface area contributed by atoms with Gasteiger partial charge in [0.25, 0.3) is 0 Å². The molecule has 0 aliphatic heterocycles. The third kappa shape index (κ3) is 5.48. The molecule has 0 aliphatic carbocycles. The van der Waals surface area contributed by atoms with Crippen LogP contribution in [0.5, 0.6) is 0 Å². The second-order valence-electron chi connectivity index (χ2n) is 13.9. The molecule has 0 saturated carbocycles. The Balaban J connectivity index is 1.08. The van der Waals surface area contributed by atoms with Gasteiger partial charge in [0.15, 0.2) is 17.5 Å². The predicted octanol–water partition coefficient (Wildman–Crippen LogP) is 14.1. The first-order valence-electron chi connectivity index (χ1n) is 18.7. The van der Waals surface area contributed by atoms with Gasteiger partial charge in [0, 0.05) is 42.1 Å². The third-order valence-electron chi connectivity index (χ3n) is 10.6. The van der Waals surface area contributed by atoms with Crippen LogP contribution >= 0.6 is 11.3 Å². The highest BCUT2D eigenvalue weighted by atomic mass is 32.1. The smallest absolute Gasteiger partial charge is 0.167 e. The number of fused-ring (bicyclic) bond motifs is 6. The average Bonchev–Trinajstić information content (AvgIpc) is 3.86. The fraction of sp³-hybridized carbons (Fsp3) is 0. The van der Waals surface area contributed by atoms with Gasteiger partial charge in [-0.05, 0) is 69.8 Å². The van der Waals surface area contributed by atoms with Gasteiger partial charge >= 0.3 is 0 Å². The number of aromatic nitrogens is 3. The molecule has 8 aromatic carbocycles. The number of rotatable bonds is 6. The monoisotopic (exact) mass is 733 g/mol. The topological polar surface area (TPSA) is 51.8 Å². The zero-order chi connectivity index (χ0) is 37.0. The molecule has 0 bridgehead atoms. The Labute approximate surface area is 327 Å². The van der Waals surface area contributed by atoms with Gasteiger partial charge in [0.1, 0.15) is 11.2 Å². The minimum absolute atomic E-state index is 0.567. The first-order chi connectivity index (χ1) is 27.7. The number of para-hydroxylation sites is 1. The van der Waals surface area contributed by atoms with Crippen molar-refractivity contribution in [3.63, 3.8) is 0 Å². The summed E-state index contributed by atoms with van der Waals surface area (Å²) in [5.41, 5.74) is 11.3. The van der Waals surface area contributed by atoms with E-state index >= 15 is 0 Å². The molecular weight excluding hydrogens is 703 g/mol. The van der Waals surface area contributed by atoms with E-state index < -0.39 is 0 Å². The van der Waals surface area contributed by atoms with Gasteiger partial charge < -0.3 is 4.42 Å². The highest BCUT2D eigenvalue weighted by Crippen LogP contribution is 2.44. The molecule has 11 rings (SSSR count). The van der Waals surface area contributed by atoms with Crippen LogP contribution in [0.4, 0.5) is 0 Å². The molecule has 0 fully saturated rings. The number of hydrogen-bond acceptors (Lipinski definition) is 5. The van der Waals surface area contributed by atoms with Crippen molar-refractivity contribution < 1.29 is 4.42 Å². The lowest BCUT2D eigenvalue weighted by atomic mass is 9.98. The van der Waals surface area contributed by atoms with E-state index in [-0.39, 0.29) is 0 Å². The maximum Gasteiger partial charge on any atom is 0.167 e. The Morgan fingerprint density at radius 2 is 0.911 bits per heavy atom. The van der Waals surface area contributed by atoms with Crippen molar-refractivity contribution in [1.82, 2.24) is 15.0 Å². The van der Waals surface area contributed by atoms with Crippen molar-refractivity contribution in [2.24, 2.45) is 0 Å². The summed E-state index contributed by atoms with van der Waals surface area (Å²) in [5, 5.41) is 4.50. The van der Waals surface area contributed by atoms with Crippen LogP contribution in [0.25, 0.3) is 110 Å². The zero-order valence-electron chi connectivity index (χ0n) is 30.1. The molecule has 0 radical (unpaired) electrons. The molecule has 0 aliphatic rings. The zero-order valence-corrected chi connectivity index (χ0v) is 30.9. The summed E-state index contributed by atoms with van der Waals surface area (Å²) in [7, 11) is 0. The second-order valence-corrected chi connectivity index (χ2v) is 15.0. The van der Waals surface area contributed by atoms with Crippen molar-refractivity contribution in [3.05, 3.63) is 188 Å². The molecule has 3 aromatic heterocycles. The van der Waals surface area contributed by atoms with Crippen molar-refractivity contribution in [3.8, 4) is 67.5 Å². The molecule has 0 spiro atoms. The van der Waals surface area contributed by atoms with Crippen molar-refractivity contribution in [2.75, 3.05) is 0 Å². The minimum atomic E-state index is 0.567. The van der Waals surface area contributed by atoms with E-state index in [9.17, 15) is 0 Å². The van der Waals surface area contributed by atoms with E-state index in [1.165, 1.54) is 37.7 Å². The molecule has 262 valence electrons. The normalized spacial score (nSPS) is 11.6. The van der Waals surface area contributed by atoms with Crippen LogP contribution in [0.3, 0.4) is 0 Å². The van der Waals surface area contributed by atoms with Gasteiger partial charge in [0.05, 0.1) is 5.56 Å². The lowest BCUT2D eigenvalue weighted by Gasteiger charge is -2.09. The number of hydrogen-bond donors (Lipinski definition) is 0. The third-order valence-corrected chi connectivity index (χ3v) is 11.8. The standard InChI is InChI=1S/C51H31N3OS/c1-4-14-32(15-5-1)35-20-10-21-36(30-35)37-28-29-39-40-23-11-25-42(47(40)55-44(39)31-37)50-52-49(34-18-8-3-9-19-34)53-51(54-50)43-26-12-24-41-46-38(33-16-6-2-7-17-33)22-13-27-45(46)56-48(41)43/h1-31H. The number of benzene rings is 8. The molecule has 0 N–H and O–H groups in total. The number of thiophene rings is 1. The molecule has 0 atom stereocenters. The summed E-state index contributed by atoms with van der Waals surface area (Å²) in [6.07, 6.45) is 0. The van der Waals surface area contributed by atoms with E-state index in [2.05, 4.69) is 152 Å². The number of nitrogens with zero attached hydrogens (tertiary/aromatic N) is 3. The minimum Gasteiger partial charge on any atom is -0.455 e. The van der Waals surface area contributed by atoms with Crippen LogP contribution in [0.15, 0.2) is 192 Å². The summed E-state index contributed by atoms with van der Waals surface area (Å²) in [6.45, 7) is 0. The summed E-state index contributed by atoms with van der Waals surface area (Å²) in [4.78, 5) is 15.5. The van der Waals surface area contributed by atoms with Gasteiger partial charge in [0.2, 0.25) is 0 Å². The van der Waals surface area contributed by atoms with Crippen LogP contribution in [-0.4, -0.2) is 15.0 Å². The van der Waals surface area contributed by atoms with Gasteiger partial charge in [-0.3, -0.25) is 0 Å². The van der Waals surface area contributed by atoms with Crippen LogP contribution in [0, 0.1) is 0 Å². The van der Waals surface area contributed by atoms with Gasteiger partial charge in [-0.15, -0.1) is 11.3 Å². The Bertz CT molecular complexity index is 3240. The van der Waals surface area contributed by atoms with Crippen molar-refractivity contribution in [1.29, 1.82) is 0 Å². The molecule has 4 nitrogen and oxygen atoms in total. The lowest BCUT2D eigenvalue weighted by molar-refractivity contribution is 0.669. The molecule has 5 heteroatoms. The van der Waals surface area contributed by atoms with E-state index in [0.717, 1.165) is 54.5 Å². The van der Waals surface area contributed by atoms with Crippen molar-refractivity contribution in [2.45, 2.75) is 0 Å². The maximum atomic E-state index is 6.77. The SMILES string of the molecule is c1ccc(-c2cccc(-c3ccc4c(c3)oc3c(-c5nc(-c6ccccc6)nc(-c6cccc7c6sc6cccc(-c8ccccc8)c67)n5)cccc34)c2)cc1. The van der Waals surface area contributed by atoms with Crippen LogP contribution in [-0.2, 0) is 0 Å². The van der Waals surface area contributed by atoms with Crippen molar-refractivity contribution >= 4 is 53.4 Å². The Kier molecular flexibility index (Phi) is 7.64. The van der Waals surface area contributed by atoms with Gasteiger partial charge in [-0.1, -0.05) is 152 Å². The fourth-order valence-corrected chi connectivity index (χ4v) is 9.12. The number of furan rings is 1. The molecule has 3 heterocycles. The Morgan fingerprint density at radius 3 is 1.68 bits per heavy atom. The summed E-state index contributed by atoms with van der Waals surface area (Å²) in [6, 6.07) is 65.6. The average molecular weight is 734 g/mol. The van der Waals surface area contributed by atoms with E-state index in [4.69, 9.17) is 19.4 Å². The quantitative estimate of drug-likeness (QED) is 0.171. The van der Waals surface area contributed by atoms with E-state index in [0.29, 0.717) is 17.5 Å². The first kappa shape index (κ1) is 32.2. The molecule has 0 unspecified atom stereocenters. The summed E-state index contributed by atoms with van der Waals surface area (Å²) in [5.74, 6) is 1.81. The maximum absolute atomic E-state index is 6.77. The first-order valence-corrected chi connectivity index (χ1v) is 19.5. The van der Waals surface area contributed by atoms with Gasteiger partial charge in [-0.25, -0.2) is 15.0 Å². The highest BCUT2D eigenvalue weighted by molar-refractivity contribution is 7.26. The molecule has 0 saturated heterocycles. The van der Waals surface area contributed by atoms with E-state index in [1.807, 2.05) is 36.4 Å². The second kappa shape index (κ2) is 13.3. The highest BCUT2D eigenvalue weighted by Gasteiger charge is 2.21. The lowest BCUT2D eigenvalue weighted by Crippen LogP contribution is -2.00. The van der Waals surface area contributed by atoms with E-state index in [1.54, 1.807) is 11.3 Å². The molecule has 11 aromatic rings. The summed E-state index contributed by atoms with van der Waals surface area (Å²) < 4.78 is 9.15. The molecule has 0 amide bonds. The fourth-order valence-electron chi connectivity index (χ4n) is 7.88. The molecular formula is C51H31N3OS. The van der Waals surface area contributed by atoms with Crippen LogP contribution < -0.4 is 0 Å². The van der Waals surface area contributed by atoms with Crippen LogP contribution in [0.2, 0.25) is 0 Å². The van der Waals surface area contributed by atoms with Gasteiger partial charge in [-0.2, -0.15) is 0 Å². The Hall–Kier alpha value is -7.21. The Morgan fingerprint density at radius 1 is 0.357 bits per heavy atom. The molecule has 56 heavy (non-hydrogen) atoms. The predicted molar refractivity (Wildman–Crippen MR) is 233 cm³/mol. The largest absolute Gasteiger partial charge is 0.455 e.